The third-order valence-corrected chi connectivity index (χ3v) is 3.28. The molecule has 4 heteroatoms. The molecule has 2 unspecified atom stereocenters. The Bertz CT molecular complexity index is 225. The average Bonchev–Trinajstić information content (AvgIpc) is 2.75. The van der Waals surface area contributed by atoms with Crippen molar-refractivity contribution in [3.8, 4) is 0 Å². The van der Waals surface area contributed by atoms with Crippen LogP contribution in [0.25, 0.3) is 0 Å². The molecule has 0 bridgehead atoms. The second kappa shape index (κ2) is 7.67. The first-order valence-corrected chi connectivity index (χ1v) is 6.89. The van der Waals surface area contributed by atoms with E-state index >= 15 is 0 Å². The Morgan fingerprint density at radius 3 is 2.29 bits per heavy atom. The first kappa shape index (κ1) is 14.5. The lowest BCUT2D eigenvalue weighted by Crippen LogP contribution is -2.44. The summed E-state index contributed by atoms with van der Waals surface area (Å²) < 4.78 is 0. The maximum atomic E-state index is 12.3. The monoisotopic (exact) mass is 242 g/mol. The predicted molar refractivity (Wildman–Crippen MR) is 68.8 cm³/mol. The van der Waals surface area contributed by atoms with Crippen molar-refractivity contribution in [1.29, 1.82) is 0 Å². The van der Waals surface area contributed by atoms with Crippen LogP contribution in [-0.2, 0) is 4.79 Å². The molecule has 1 aliphatic rings. The van der Waals surface area contributed by atoms with Gasteiger partial charge in [-0.25, -0.2) is 0 Å². The third-order valence-electron chi connectivity index (χ3n) is 3.28. The fourth-order valence-corrected chi connectivity index (χ4v) is 2.16. The highest BCUT2D eigenvalue weighted by atomic mass is 16.3. The molecule has 0 aromatic rings. The third kappa shape index (κ3) is 4.64. The number of aliphatic hydroxyl groups excluding tert-OH is 1. The average molecular weight is 242 g/mol. The quantitative estimate of drug-likeness (QED) is 0.704. The molecule has 0 saturated carbocycles. The van der Waals surface area contributed by atoms with Gasteiger partial charge >= 0.3 is 0 Å². The van der Waals surface area contributed by atoms with Crippen molar-refractivity contribution in [3.63, 3.8) is 0 Å². The first-order valence-electron chi connectivity index (χ1n) is 6.89. The largest absolute Gasteiger partial charge is 0.392 e. The molecule has 100 valence electrons. The summed E-state index contributed by atoms with van der Waals surface area (Å²) in [5.41, 5.74) is 0. The van der Waals surface area contributed by atoms with E-state index in [1.807, 2.05) is 4.90 Å². The van der Waals surface area contributed by atoms with E-state index in [1.54, 1.807) is 0 Å². The van der Waals surface area contributed by atoms with Gasteiger partial charge in [0.1, 0.15) is 0 Å². The Hall–Kier alpha value is -0.610. The van der Waals surface area contributed by atoms with Crippen LogP contribution in [0.4, 0.5) is 0 Å². The summed E-state index contributed by atoms with van der Waals surface area (Å²) in [6, 6.07) is -0.168. The summed E-state index contributed by atoms with van der Waals surface area (Å²) in [6.45, 7) is 6.53. The molecule has 1 fully saturated rings. The van der Waals surface area contributed by atoms with Crippen LogP contribution in [0.2, 0.25) is 0 Å². The van der Waals surface area contributed by atoms with Crippen LogP contribution in [0.15, 0.2) is 0 Å². The summed E-state index contributed by atoms with van der Waals surface area (Å²) in [4.78, 5) is 14.2. The molecule has 1 heterocycles. The Labute approximate surface area is 104 Å². The van der Waals surface area contributed by atoms with Gasteiger partial charge in [0, 0.05) is 19.6 Å². The molecule has 1 rings (SSSR count). The van der Waals surface area contributed by atoms with Gasteiger partial charge in [-0.2, -0.15) is 0 Å². The number of aliphatic hydroxyl groups is 1. The SMILES string of the molecule is CCCCN(CCCC)C(=O)C1CC(O)CN1. The maximum Gasteiger partial charge on any atom is 0.239 e. The Kier molecular flexibility index (Phi) is 6.52. The zero-order valence-electron chi connectivity index (χ0n) is 11.1. The molecule has 2 atom stereocenters. The van der Waals surface area contributed by atoms with Crippen molar-refractivity contribution in [2.45, 2.75) is 58.1 Å². The van der Waals surface area contributed by atoms with Gasteiger partial charge in [0.25, 0.3) is 0 Å². The van der Waals surface area contributed by atoms with Crippen LogP contribution >= 0.6 is 0 Å². The summed E-state index contributed by atoms with van der Waals surface area (Å²) in [6.07, 6.45) is 4.54. The van der Waals surface area contributed by atoms with E-state index in [9.17, 15) is 9.90 Å². The smallest absolute Gasteiger partial charge is 0.239 e. The van der Waals surface area contributed by atoms with Gasteiger partial charge in [-0.15, -0.1) is 0 Å². The maximum absolute atomic E-state index is 12.3. The van der Waals surface area contributed by atoms with Crippen molar-refractivity contribution >= 4 is 5.91 Å². The first-order chi connectivity index (χ1) is 8.19. The van der Waals surface area contributed by atoms with Crippen LogP contribution in [-0.4, -0.2) is 47.7 Å². The lowest BCUT2D eigenvalue weighted by atomic mass is 10.1. The minimum atomic E-state index is -0.358. The van der Waals surface area contributed by atoms with E-state index in [1.165, 1.54) is 0 Å². The fourth-order valence-electron chi connectivity index (χ4n) is 2.16. The summed E-state index contributed by atoms with van der Waals surface area (Å²) >= 11 is 0. The summed E-state index contributed by atoms with van der Waals surface area (Å²) in [7, 11) is 0. The van der Waals surface area contributed by atoms with Gasteiger partial charge in [0.15, 0.2) is 0 Å². The summed E-state index contributed by atoms with van der Waals surface area (Å²) in [5, 5.41) is 12.5. The molecular formula is C13H26N2O2. The number of carbonyl (C=O) groups excluding carboxylic acids is 1. The molecule has 1 aliphatic heterocycles. The molecule has 1 saturated heterocycles. The molecule has 0 aromatic carbocycles. The summed E-state index contributed by atoms with van der Waals surface area (Å²) in [5.74, 6) is 0.170. The van der Waals surface area contributed by atoms with Gasteiger partial charge in [-0.05, 0) is 19.3 Å². The number of amides is 1. The zero-order chi connectivity index (χ0) is 12.7. The van der Waals surface area contributed by atoms with Gasteiger partial charge in [0.2, 0.25) is 5.91 Å². The normalized spacial score (nSPS) is 23.9. The molecule has 4 nitrogen and oxygen atoms in total. The van der Waals surface area contributed by atoms with Crippen LogP contribution in [0.5, 0.6) is 0 Å². The predicted octanol–water partition coefficient (Wildman–Crippen LogP) is 1.14. The molecule has 0 aliphatic carbocycles. The van der Waals surface area contributed by atoms with E-state index in [-0.39, 0.29) is 18.1 Å². The molecule has 0 spiro atoms. The van der Waals surface area contributed by atoms with Crippen molar-refractivity contribution in [2.24, 2.45) is 0 Å². The van der Waals surface area contributed by atoms with Crippen molar-refractivity contribution in [2.75, 3.05) is 19.6 Å². The second-order valence-corrected chi connectivity index (χ2v) is 4.88. The Morgan fingerprint density at radius 1 is 1.29 bits per heavy atom. The number of hydrogen-bond acceptors (Lipinski definition) is 3. The minimum absolute atomic E-state index is 0.168. The van der Waals surface area contributed by atoms with E-state index in [4.69, 9.17) is 0 Å². The van der Waals surface area contributed by atoms with E-state index in [2.05, 4.69) is 19.2 Å². The number of hydrogen-bond donors (Lipinski definition) is 2. The Balaban J connectivity index is 2.45. The van der Waals surface area contributed by atoms with Crippen LogP contribution in [0.3, 0.4) is 0 Å². The number of nitrogens with zero attached hydrogens (tertiary/aromatic N) is 1. The van der Waals surface area contributed by atoms with Crippen LogP contribution in [0, 0.1) is 0 Å². The highest BCUT2D eigenvalue weighted by Crippen LogP contribution is 2.11. The molecule has 17 heavy (non-hydrogen) atoms. The highest BCUT2D eigenvalue weighted by molar-refractivity contribution is 5.82. The lowest BCUT2D eigenvalue weighted by molar-refractivity contribution is -0.133. The molecule has 1 amide bonds. The molecule has 0 aromatic heterocycles. The fraction of sp³-hybridized carbons (Fsp3) is 0.923. The standard InChI is InChI=1S/C13H26N2O2/c1-3-5-7-15(8-6-4-2)13(17)12-9-11(16)10-14-12/h11-12,14,16H,3-10H2,1-2H3. The van der Waals surface area contributed by atoms with Crippen molar-refractivity contribution in [1.82, 2.24) is 10.2 Å². The zero-order valence-corrected chi connectivity index (χ0v) is 11.1. The number of carbonyl (C=O) groups is 1. The number of nitrogens with one attached hydrogen (secondary N) is 1. The number of rotatable bonds is 7. The molecule has 0 radical (unpaired) electrons. The number of β-amino-alcohol motifs (C(OH)–C–C–N with tert-alkyl or cyclic N) is 1. The van der Waals surface area contributed by atoms with Gasteiger partial charge in [-0.3, -0.25) is 4.79 Å². The Morgan fingerprint density at radius 2 is 1.88 bits per heavy atom. The van der Waals surface area contributed by atoms with Gasteiger partial charge in [0.05, 0.1) is 12.1 Å². The van der Waals surface area contributed by atoms with Crippen LogP contribution in [0.1, 0.15) is 46.0 Å². The van der Waals surface area contributed by atoms with Gasteiger partial charge in [-0.1, -0.05) is 26.7 Å². The lowest BCUT2D eigenvalue weighted by Gasteiger charge is -2.25. The minimum Gasteiger partial charge on any atom is -0.392 e. The van der Waals surface area contributed by atoms with E-state index < -0.39 is 0 Å². The number of unbranched alkanes of at least 4 members (excludes halogenated alkanes) is 2. The van der Waals surface area contributed by atoms with E-state index in [0.29, 0.717) is 13.0 Å². The van der Waals surface area contributed by atoms with Gasteiger partial charge < -0.3 is 15.3 Å². The molecular weight excluding hydrogens is 216 g/mol. The topological polar surface area (TPSA) is 52.6 Å². The second-order valence-electron chi connectivity index (χ2n) is 4.88. The van der Waals surface area contributed by atoms with E-state index in [0.717, 1.165) is 38.8 Å². The van der Waals surface area contributed by atoms with Crippen LogP contribution < -0.4 is 5.32 Å². The van der Waals surface area contributed by atoms with Crippen molar-refractivity contribution < 1.29 is 9.90 Å². The van der Waals surface area contributed by atoms with Crippen molar-refractivity contribution in [3.05, 3.63) is 0 Å². The molecule has 2 N–H and O–H groups in total. The highest BCUT2D eigenvalue weighted by Gasteiger charge is 2.30.